The first-order chi connectivity index (χ1) is 28.5. The van der Waals surface area contributed by atoms with Crippen LogP contribution in [0.15, 0.2) is 59.7 Å². The van der Waals surface area contributed by atoms with Gasteiger partial charge in [0.25, 0.3) is 0 Å². The Bertz CT molecular complexity index is 2830. The Morgan fingerprint density at radius 3 is 1.00 bits per heavy atom. The van der Waals surface area contributed by atoms with Crippen LogP contribution in [0.3, 0.4) is 0 Å². The van der Waals surface area contributed by atoms with Crippen molar-refractivity contribution in [3.05, 3.63) is 139 Å². The Morgan fingerprint density at radius 1 is 0.410 bits per heavy atom. The summed E-state index contributed by atoms with van der Waals surface area (Å²) >= 11 is 0. The van der Waals surface area contributed by atoms with Crippen LogP contribution in [-0.2, 0) is 18.5 Å². The molecule has 300 valence electrons. The van der Waals surface area contributed by atoms with E-state index in [2.05, 4.69) is 0 Å². The van der Waals surface area contributed by atoms with Crippen LogP contribution in [0.2, 0.25) is 0 Å². The topological polar surface area (TPSA) is 143 Å². The third-order valence-electron chi connectivity index (χ3n) is 9.34. The summed E-state index contributed by atoms with van der Waals surface area (Å²) < 4.78 is 201. The third kappa shape index (κ3) is 6.57. The van der Waals surface area contributed by atoms with E-state index in [1.54, 1.807) is 0 Å². The van der Waals surface area contributed by atoms with E-state index in [0.29, 0.717) is 24.3 Å². The number of benzene rings is 4. The van der Waals surface area contributed by atoms with Gasteiger partial charge in [0.1, 0.15) is 87.8 Å². The molecule has 0 fully saturated rings. The van der Waals surface area contributed by atoms with Gasteiger partial charge in [-0.1, -0.05) is 12.1 Å². The van der Waals surface area contributed by atoms with Gasteiger partial charge in [0, 0.05) is 44.5 Å². The van der Waals surface area contributed by atoms with Gasteiger partial charge >= 0.3 is 18.5 Å². The molecule has 0 amide bonds. The maximum absolute atomic E-state index is 17.6. The monoisotopic (exact) mass is 850 g/mol. The van der Waals surface area contributed by atoms with Crippen LogP contribution < -0.4 is 0 Å². The summed E-state index contributed by atoms with van der Waals surface area (Å²) in [5.74, 6) is -11.1. The van der Waals surface area contributed by atoms with E-state index in [1.165, 1.54) is 36.4 Å². The van der Waals surface area contributed by atoms with Crippen LogP contribution in [-0.4, -0.2) is 0 Å². The second-order valence-corrected chi connectivity index (χ2v) is 12.6. The molecule has 0 radical (unpaired) electrons. The molecule has 2 aliphatic carbocycles. The number of alkyl halides is 9. The summed E-state index contributed by atoms with van der Waals surface area (Å²) in [5, 5.41) is 61.4. The van der Waals surface area contributed by atoms with E-state index < -0.39 is 153 Å². The summed E-state index contributed by atoms with van der Waals surface area (Å²) in [6, 6.07) is 10.4. The normalized spacial score (nSPS) is 13.4. The van der Waals surface area contributed by atoms with Gasteiger partial charge in [-0.25, -0.2) is 22.0 Å². The van der Waals surface area contributed by atoms with E-state index in [-0.39, 0.29) is 24.3 Å². The number of hydrogen-bond donors (Lipinski definition) is 0. The van der Waals surface area contributed by atoms with Crippen molar-refractivity contribution in [3.63, 3.8) is 0 Å². The predicted molar refractivity (Wildman–Crippen MR) is 181 cm³/mol. The van der Waals surface area contributed by atoms with Crippen molar-refractivity contribution in [1.82, 2.24) is 0 Å². The molecule has 0 atom stereocenters. The summed E-state index contributed by atoms with van der Waals surface area (Å²) in [4.78, 5) is 0. The van der Waals surface area contributed by atoms with Gasteiger partial charge < -0.3 is 0 Å². The molecule has 20 heteroatoms. The van der Waals surface area contributed by atoms with E-state index in [1.807, 2.05) is 0 Å². The maximum Gasteiger partial charge on any atom is 0.422 e. The molecule has 0 aliphatic heterocycles. The fraction of sp³-hybridized carbons (Fsp3) is 0.0732. The fourth-order valence-electron chi connectivity index (χ4n) is 7.10. The van der Waals surface area contributed by atoms with Gasteiger partial charge in [0.15, 0.2) is 0 Å². The van der Waals surface area contributed by atoms with Gasteiger partial charge in [0.05, 0.1) is 16.7 Å². The largest absolute Gasteiger partial charge is 0.422 e. The zero-order valence-corrected chi connectivity index (χ0v) is 29.1. The molecule has 0 bridgehead atoms. The highest BCUT2D eigenvalue weighted by atomic mass is 19.4. The molecule has 0 unspecified atom stereocenters. The van der Waals surface area contributed by atoms with Crippen molar-refractivity contribution in [2.45, 2.75) is 18.5 Å². The summed E-state index contributed by atoms with van der Waals surface area (Å²) in [7, 11) is 0. The Balaban J connectivity index is 1.92. The van der Waals surface area contributed by atoms with Crippen molar-refractivity contribution in [2.75, 3.05) is 0 Å². The Kier molecular flexibility index (Phi) is 10.1. The van der Waals surface area contributed by atoms with Crippen molar-refractivity contribution in [3.8, 4) is 47.5 Å². The predicted octanol–water partition coefficient (Wildman–Crippen LogP) is 11.6. The lowest BCUT2D eigenvalue weighted by Gasteiger charge is -2.21. The van der Waals surface area contributed by atoms with Crippen molar-refractivity contribution in [1.29, 1.82) is 31.6 Å². The molecule has 6 rings (SSSR count). The highest BCUT2D eigenvalue weighted by Gasteiger charge is 2.46. The highest BCUT2D eigenvalue weighted by Crippen LogP contribution is 2.60. The number of nitrogens with zero attached hydrogens (tertiary/aromatic N) is 6. The Morgan fingerprint density at radius 2 is 0.738 bits per heavy atom. The minimum absolute atomic E-state index is 0.00142. The lowest BCUT2D eigenvalue weighted by atomic mass is 9.81. The first kappa shape index (κ1) is 42.4. The Labute approximate surface area is 331 Å². The zero-order valence-electron chi connectivity index (χ0n) is 29.1. The summed E-state index contributed by atoms with van der Waals surface area (Å²) in [5.41, 5.74) is -22.6. The quantitative estimate of drug-likeness (QED) is 0.148. The molecular formula is C41H8F14N6. The van der Waals surface area contributed by atoms with Crippen LogP contribution in [0.1, 0.15) is 50.1 Å². The number of nitriles is 6. The van der Waals surface area contributed by atoms with Gasteiger partial charge in [-0.15, -0.1) is 0 Å². The van der Waals surface area contributed by atoms with Crippen LogP contribution in [0.5, 0.6) is 0 Å². The minimum Gasteiger partial charge on any atom is -0.206 e. The first-order valence-electron chi connectivity index (χ1n) is 16.1. The highest BCUT2D eigenvalue weighted by molar-refractivity contribution is 6.33. The number of allylic oxidation sites excluding steroid dienone is 8. The first-order valence-corrected chi connectivity index (χ1v) is 16.1. The third-order valence-corrected chi connectivity index (χ3v) is 9.34. The minimum atomic E-state index is -5.66. The van der Waals surface area contributed by atoms with Gasteiger partial charge in [-0.3, -0.25) is 0 Å². The van der Waals surface area contributed by atoms with E-state index >= 15 is 22.0 Å². The lowest BCUT2D eigenvalue weighted by Crippen LogP contribution is -2.12. The second kappa shape index (κ2) is 14.6. The molecule has 6 nitrogen and oxygen atoms in total. The van der Waals surface area contributed by atoms with E-state index in [9.17, 15) is 71.1 Å². The van der Waals surface area contributed by atoms with Crippen LogP contribution in [0.4, 0.5) is 61.5 Å². The molecule has 0 aromatic heterocycles. The van der Waals surface area contributed by atoms with Gasteiger partial charge in [0.2, 0.25) is 0 Å². The smallest absolute Gasteiger partial charge is 0.206 e. The van der Waals surface area contributed by atoms with Crippen LogP contribution in [0, 0.1) is 97.1 Å². The molecule has 4 aromatic rings. The lowest BCUT2D eigenvalue weighted by molar-refractivity contribution is -0.143. The molecule has 0 heterocycles. The van der Waals surface area contributed by atoms with Crippen molar-refractivity contribution < 1.29 is 61.5 Å². The molecule has 0 spiro atoms. The van der Waals surface area contributed by atoms with Gasteiger partial charge in [-0.2, -0.15) is 71.1 Å². The maximum atomic E-state index is 17.6. The molecule has 2 aliphatic rings. The fourth-order valence-corrected chi connectivity index (χ4v) is 7.10. The average molecular weight is 851 g/mol. The molecule has 0 saturated carbocycles. The zero-order chi connectivity index (χ0) is 45.3. The van der Waals surface area contributed by atoms with Crippen molar-refractivity contribution in [2.24, 2.45) is 0 Å². The van der Waals surface area contributed by atoms with Crippen LogP contribution in [0.25, 0.3) is 44.6 Å². The van der Waals surface area contributed by atoms with Gasteiger partial charge in [-0.05, 0) is 58.7 Å². The van der Waals surface area contributed by atoms with Crippen LogP contribution >= 0.6 is 0 Å². The SMILES string of the molecule is N#CC(C#N)=C1C(c2cc(F)c(C(F)(F)F)c(F)c2)=C(C#N)c2c(F)c3c(c(-c4ccc(C(F)(F)F)cc4)c21)C(=C(C#N)C#N)C(c1cc(F)c(C(F)(F)F)c(F)c1)=C3C#N. The number of fused-ring (bicyclic) bond motifs is 2. The Hall–Kier alpha value is -8.20. The summed E-state index contributed by atoms with van der Waals surface area (Å²) in [6.45, 7) is 0. The molecule has 0 saturated heterocycles. The average Bonchev–Trinajstić information content (AvgIpc) is 3.68. The number of rotatable bonds is 3. The number of hydrogen-bond acceptors (Lipinski definition) is 6. The molecule has 61 heavy (non-hydrogen) atoms. The molecular weight excluding hydrogens is 842 g/mol. The van der Waals surface area contributed by atoms with E-state index in [4.69, 9.17) is 0 Å². The number of halogens is 14. The molecule has 0 N–H and O–H groups in total. The standard InChI is InChI=1S/C41H8F14N6/c42-23-5-16(6-24(43)36(23)40(50,51)52)27-21(13-60)32-34(30(27)18(9-56)10-57)29(15-1-3-20(4-2-15)39(47,48)49)35-31(19(11-58)12-59)28(22(14-61)33(35)38(32)46)17-7-25(44)37(26(45)8-17)41(53,54)55/h1-8H. The van der Waals surface area contributed by atoms with E-state index in [0.717, 1.165) is 0 Å². The summed E-state index contributed by atoms with van der Waals surface area (Å²) in [6.07, 6.45) is -16.4. The second-order valence-electron chi connectivity index (χ2n) is 12.6. The molecule has 4 aromatic carbocycles. The van der Waals surface area contributed by atoms with Crippen molar-refractivity contribution >= 4 is 33.4 Å².